The van der Waals surface area contributed by atoms with Crippen LogP contribution in [0.4, 0.5) is 0 Å². The second-order valence-electron chi connectivity index (χ2n) is 12.0. The maximum absolute atomic E-state index is 4.16. The molecule has 1 saturated heterocycles. The van der Waals surface area contributed by atoms with Crippen molar-refractivity contribution in [2.24, 2.45) is 0 Å². The van der Waals surface area contributed by atoms with Crippen LogP contribution in [0.2, 0.25) is 0 Å². The van der Waals surface area contributed by atoms with Gasteiger partial charge in [-0.05, 0) is 37.2 Å². The molecule has 1 aliphatic rings. The molecule has 3 heteroatoms. The van der Waals surface area contributed by atoms with Crippen LogP contribution >= 0.6 is 23.5 Å². The predicted octanol–water partition coefficient (Wildman–Crippen LogP) is 12.7. The molecule has 1 fully saturated rings. The van der Waals surface area contributed by atoms with Gasteiger partial charge in [-0.3, -0.25) is 5.32 Å². The SMILES string of the molecule is CCCCCCCCCCCCSC1(CCCC)NC1(CCCC)SCCCCCCCCCCCC. The molecule has 0 aromatic rings. The molecule has 0 aromatic carbocycles. The standard InChI is InChI=1S/C34H69NS2/c1-5-9-13-15-17-19-21-23-25-27-31-36-33(29-11-7-3)34(35-33,30-12-8-4)37-32-28-26-24-22-20-18-16-14-10-6-2/h35H,5-32H2,1-4H3. The largest absolute Gasteiger partial charge is 0.284 e. The minimum atomic E-state index is 0.376. The Hall–Kier alpha value is 0.660. The third-order valence-electron chi connectivity index (χ3n) is 8.45. The minimum absolute atomic E-state index is 0.376. The molecule has 1 aliphatic heterocycles. The van der Waals surface area contributed by atoms with Crippen molar-refractivity contribution in [3.63, 3.8) is 0 Å². The highest BCUT2D eigenvalue weighted by Gasteiger charge is 2.66. The van der Waals surface area contributed by atoms with Crippen molar-refractivity contribution in [1.82, 2.24) is 5.32 Å². The van der Waals surface area contributed by atoms with Crippen LogP contribution in [-0.2, 0) is 0 Å². The van der Waals surface area contributed by atoms with Gasteiger partial charge in [0.25, 0.3) is 0 Å². The van der Waals surface area contributed by atoms with E-state index < -0.39 is 0 Å². The minimum Gasteiger partial charge on any atom is -0.284 e. The van der Waals surface area contributed by atoms with Gasteiger partial charge in [0.2, 0.25) is 0 Å². The molecule has 0 radical (unpaired) electrons. The lowest BCUT2D eigenvalue weighted by atomic mass is 10.1. The fraction of sp³-hybridized carbons (Fsp3) is 1.00. The molecule has 0 aromatic heterocycles. The lowest BCUT2D eigenvalue weighted by Crippen LogP contribution is -2.21. The molecule has 0 spiro atoms. The number of unbranched alkanes of at least 4 members (excludes halogenated alkanes) is 20. The Kier molecular flexibility index (Phi) is 23.6. The molecule has 2 unspecified atom stereocenters. The summed E-state index contributed by atoms with van der Waals surface area (Å²) < 4.78 is 0. The van der Waals surface area contributed by atoms with E-state index in [2.05, 4.69) is 56.5 Å². The topological polar surface area (TPSA) is 21.9 Å². The summed E-state index contributed by atoms with van der Waals surface area (Å²) >= 11 is 4.63. The zero-order valence-corrected chi connectivity index (χ0v) is 27.7. The van der Waals surface area contributed by atoms with E-state index >= 15 is 0 Å². The van der Waals surface area contributed by atoms with Gasteiger partial charge in [0.15, 0.2) is 0 Å². The Morgan fingerprint density at radius 2 is 0.622 bits per heavy atom. The smallest absolute Gasteiger partial charge is 0.0935 e. The fourth-order valence-electron chi connectivity index (χ4n) is 5.80. The van der Waals surface area contributed by atoms with Crippen LogP contribution in [0.15, 0.2) is 0 Å². The molecule has 37 heavy (non-hydrogen) atoms. The molecular formula is C34H69NS2. The third kappa shape index (κ3) is 16.5. The van der Waals surface area contributed by atoms with Crippen molar-refractivity contribution >= 4 is 23.5 Å². The molecule has 0 saturated carbocycles. The average molecular weight is 556 g/mol. The van der Waals surface area contributed by atoms with E-state index in [-0.39, 0.29) is 0 Å². The van der Waals surface area contributed by atoms with Gasteiger partial charge < -0.3 is 0 Å². The first-order valence-electron chi connectivity index (χ1n) is 17.3. The Morgan fingerprint density at radius 3 is 0.919 bits per heavy atom. The van der Waals surface area contributed by atoms with Crippen molar-refractivity contribution < 1.29 is 0 Å². The Balaban J connectivity index is 2.28. The highest BCUT2D eigenvalue weighted by molar-refractivity contribution is 8.05. The fourth-order valence-corrected chi connectivity index (χ4v) is 9.35. The van der Waals surface area contributed by atoms with Crippen LogP contribution in [-0.4, -0.2) is 21.2 Å². The molecule has 2 atom stereocenters. The lowest BCUT2D eigenvalue weighted by Gasteiger charge is -2.23. The number of nitrogens with one attached hydrogen (secondary N) is 1. The second-order valence-corrected chi connectivity index (χ2v) is 14.8. The Bertz CT molecular complexity index is 442. The molecular weight excluding hydrogens is 487 g/mol. The average Bonchev–Trinajstić information content (AvgIpc) is 3.54. The number of hydrogen-bond acceptors (Lipinski definition) is 3. The maximum Gasteiger partial charge on any atom is 0.0935 e. The summed E-state index contributed by atoms with van der Waals surface area (Å²) in [6.07, 6.45) is 37.0. The summed E-state index contributed by atoms with van der Waals surface area (Å²) in [5.41, 5.74) is 0. The van der Waals surface area contributed by atoms with E-state index in [9.17, 15) is 0 Å². The summed E-state index contributed by atoms with van der Waals surface area (Å²) in [7, 11) is 0. The molecule has 222 valence electrons. The first-order chi connectivity index (χ1) is 18.2. The Labute approximate surface area is 244 Å². The monoisotopic (exact) mass is 555 g/mol. The highest BCUT2D eigenvalue weighted by Crippen LogP contribution is 2.60. The van der Waals surface area contributed by atoms with Crippen LogP contribution in [0, 0.1) is 0 Å². The molecule has 0 amide bonds. The van der Waals surface area contributed by atoms with Crippen LogP contribution < -0.4 is 5.32 Å². The molecule has 0 bridgehead atoms. The molecule has 1 N–H and O–H groups in total. The summed E-state index contributed by atoms with van der Waals surface area (Å²) in [6, 6.07) is 0. The van der Waals surface area contributed by atoms with Crippen molar-refractivity contribution in [1.29, 1.82) is 0 Å². The summed E-state index contributed by atoms with van der Waals surface area (Å²) in [4.78, 5) is 0.751. The van der Waals surface area contributed by atoms with Gasteiger partial charge in [0, 0.05) is 0 Å². The van der Waals surface area contributed by atoms with Crippen LogP contribution in [0.5, 0.6) is 0 Å². The second kappa shape index (κ2) is 24.5. The lowest BCUT2D eigenvalue weighted by molar-refractivity contribution is 0.562. The first kappa shape index (κ1) is 35.7. The quantitative estimate of drug-likeness (QED) is 0.0703. The summed E-state index contributed by atoms with van der Waals surface area (Å²) in [5.74, 6) is 2.72. The summed E-state index contributed by atoms with van der Waals surface area (Å²) in [6.45, 7) is 9.36. The molecule has 1 nitrogen and oxygen atoms in total. The van der Waals surface area contributed by atoms with Gasteiger partial charge in [-0.25, -0.2) is 0 Å². The van der Waals surface area contributed by atoms with Gasteiger partial charge in [0.1, 0.15) is 0 Å². The van der Waals surface area contributed by atoms with E-state index in [1.807, 2.05) is 0 Å². The van der Waals surface area contributed by atoms with Crippen LogP contribution in [0.25, 0.3) is 0 Å². The van der Waals surface area contributed by atoms with Gasteiger partial charge in [-0.1, -0.05) is 169 Å². The van der Waals surface area contributed by atoms with Gasteiger partial charge >= 0.3 is 0 Å². The van der Waals surface area contributed by atoms with Gasteiger partial charge in [0.05, 0.1) is 9.74 Å². The van der Waals surface area contributed by atoms with E-state index in [4.69, 9.17) is 0 Å². The highest BCUT2D eigenvalue weighted by atomic mass is 32.2. The zero-order chi connectivity index (χ0) is 26.9. The predicted molar refractivity (Wildman–Crippen MR) is 176 cm³/mol. The Morgan fingerprint density at radius 1 is 0.351 bits per heavy atom. The van der Waals surface area contributed by atoms with Crippen molar-refractivity contribution in [2.45, 2.75) is 204 Å². The van der Waals surface area contributed by atoms with Crippen LogP contribution in [0.1, 0.15) is 195 Å². The van der Waals surface area contributed by atoms with E-state index in [0.29, 0.717) is 9.74 Å². The molecule has 0 aliphatic carbocycles. The zero-order valence-electron chi connectivity index (χ0n) is 26.1. The third-order valence-corrected chi connectivity index (χ3v) is 11.9. The van der Waals surface area contributed by atoms with Crippen molar-refractivity contribution in [2.75, 3.05) is 11.5 Å². The normalized spacial score (nSPS) is 21.1. The summed E-state index contributed by atoms with van der Waals surface area (Å²) in [5, 5.41) is 4.16. The van der Waals surface area contributed by atoms with Crippen molar-refractivity contribution in [3.8, 4) is 0 Å². The van der Waals surface area contributed by atoms with Gasteiger partial charge in [-0.2, -0.15) is 0 Å². The number of rotatable bonds is 30. The maximum atomic E-state index is 4.16. The first-order valence-corrected chi connectivity index (χ1v) is 19.2. The van der Waals surface area contributed by atoms with Crippen LogP contribution in [0.3, 0.4) is 0 Å². The van der Waals surface area contributed by atoms with E-state index in [1.54, 1.807) is 0 Å². The van der Waals surface area contributed by atoms with Gasteiger partial charge in [-0.15, -0.1) is 23.5 Å². The number of thioether (sulfide) groups is 2. The van der Waals surface area contributed by atoms with Crippen molar-refractivity contribution in [3.05, 3.63) is 0 Å². The van der Waals surface area contributed by atoms with E-state index in [0.717, 1.165) is 0 Å². The number of hydrogen-bond donors (Lipinski definition) is 1. The molecule has 1 heterocycles. The molecule has 1 rings (SSSR count). The van der Waals surface area contributed by atoms with E-state index in [1.165, 1.54) is 178 Å².